The van der Waals surface area contributed by atoms with E-state index >= 15 is 0 Å². The average Bonchev–Trinajstić information content (AvgIpc) is 2.48. The lowest BCUT2D eigenvalue weighted by molar-refractivity contribution is 0.149. The van der Waals surface area contributed by atoms with E-state index in [-0.39, 0.29) is 0 Å². The fraction of sp³-hybridized carbons (Fsp3) is 0.750. The third-order valence-electron chi connectivity index (χ3n) is 3.84. The minimum absolute atomic E-state index is 0.721. The Labute approximate surface area is 122 Å². The predicted octanol–water partition coefficient (Wildman–Crippen LogP) is 2.16. The lowest BCUT2D eigenvalue weighted by Gasteiger charge is -2.24. The standard InChI is InChI=1S/C16H27N3O/c1-3-8-17-11-13-5-6-15-14(10-13)12-18-16(19-15)7-9-20-4-2/h12-13,17H,3-11H2,1-2H3. The van der Waals surface area contributed by atoms with Gasteiger partial charge < -0.3 is 10.1 Å². The third kappa shape index (κ3) is 4.53. The number of nitrogens with one attached hydrogen (secondary N) is 1. The molecule has 0 bridgehead atoms. The topological polar surface area (TPSA) is 47.0 Å². The molecule has 1 aromatic heterocycles. The van der Waals surface area contributed by atoms with Gasteiger partial charge in [0.25, 0.3) is 0 Å². The zero-order valence-electron chi connectivity index (χ0n) is 12.8. The van der Waals surface area contributed by atoms with Gasteiger partial charge >= 0.3 is 0 Å². The summed E-state index contributed by atoms with van der Waals surface area (Å²) in [5.41, 5.74) is 2.61. The number of aromatic nitrogens is 2. The maximum atomic E-state index is 5.37. The normalized spacial score (nSPS) is 18.0. The van der Waals surface area contributed by atoms with Crippen LogP contribution in [0.15, 0.2) is 6.20 Å². The molecule has 1 aliphatic rings. The Bertz CT molecular complexity index is 409. The smallest absolute Gasteiger partial charge is 0.130 e. The lowest BCUT2D eigenvalue weighted by atomic mass is 9.87. The monoisotopic (exact) mass is 277 g/mol. The van der Waals surface area contributed by atoms with E-state index in [0.717, 1.165) is 57.3 Å². The van der Waals surface area contributed by atoms with Crippen molar-refractivity contribution in [2.75, 3.05) is 26.3 Å². The molecule has 1 atom stereocenters. The highest BCUT2D eigenvalue weighted by Crippen LogP contribution is 2.23. The van der Waals surface area contributed by atoms with Crippen molar-refractivity contribution in [2.24, 2.45) is 5.92 Å². The molecule has 1 unspecified atom stereocenters. The van der Waals surface area contributed by atoms with E-state index in [9.17, 15) is 0 Å². The zero-order valence-corrected chi connectivity index (χ0v) is 12.8. The molecule has 0 spiro atoms. The van der Waals surface area contributed by atoms with Crippen molar-refractivity contribution < 1.29 is 4.74 Å². The van der Waals surface area contributed by atoms with Crippen LogP contribution in [0.4, 0.5) is 0 Å². The molecule has 0 saturated heterocycles. The molecular formula is C16H27N3O. The molecule has 0 aromatic carbocycles. The second-order valence-electron chi connectivity index (χ2n) is 5.52. The first-order valence-corrected chi connectivity index (χ1v) is 7.95. The Morgan fingerprint density at radius 2 is 2.30 bits per heavy atom. The highest BCUT2D eigenvalue weighted by Gasteiger charge is 2.20. The van der Waals surface area contributed by atoms with E-state index < -0.39 is 0 Å². The van der Waals surface area contributed by atoms with Gasteiger partial charge in [-0.15, -0.1) is 0 Å². The molecule has 0 aliphatic heterocycles. The van der Waals surface area contributed by atoms with Crippen LogP contribution < -0.4 is 5.32 Å². The van der Waals surface area contributed by atoms with Gasteiger partial charge in [0.15, 0.2) is 0 Å². The SMILES string of the molecule is CCCNCC1CCc2nc(CCOCC)ncc2C1. The van der Waals surface area contributed by atoms with Crippen molar-refractivity contribution in [2.45, 2.75) is 46.0 Å². The summed E-state index contributed by atoms with van der Waals surface area (Å²) in [6, 6.07) is 0. The van der Waals surface area contributed by atoms with Crippen LogP contribution in [-0.4, -0.2) is 36.3 Å². The second kappa shape index (κ2) is 8.32. The Kier molecular flexibility index (Phi) is 6.40. The van der Waals surface area contributed by atoms with Crippen molar-refractivity contribution in [1.82, 2.24) is 15.3 Å². The summed E-state index contributed by atoms with van der Waals surface area (Å²) in [4.78, 5) is 9.19. The molecular weight excluding hydrogens is 250 g/mol. The predicted molar refractivity (Wildman–Crippen MR) is 80.9 cm³/mol. The molecule has 20 heavy (non-hydrogen) atoms. The molecule has 112 valence electrons. The third-order valence-corrected chi connectivity index (χ3v) is 3.84. The van der Waals surface area contributed by atoms with Crippen LogP contribution in [0.25, 0.3) is 0 Å². The highest BCUT2D eigenvalue weighted by atomic mass is 16.5. The van der Waals surface area contributed by atoms with Crippen LogP contribution in [0.3, 0.4) is 0 Å². The van der Waals surface area contributed by atoms with E-state index in [2.05, 4.69) is 17.2 Å². The maximum absolute atomic E-state index is 5.37. The Morgan fingerprint density at radius 1 is 1.40 bits per heavy atom. The second-order valence-corrected chi connectivity index (χ2v) is 5.52. The molecule has 1 N–H and O–H groups in total. The first-order valence-electron chi connectivity index (χ1n) is 7.95. The highest BCUT2D eigenvalue weighted by molar-refractivity contribution is 5.21. The van der Waals surface area contributed by atoms with E-state index in [1.807, 2.05) is 13.1 Å². The maximum Gasteiger partial charge on any atom is 0.130 e. The Balaban J connectivity index is 1.86. The first-order chi connectivity index (χ1) is 9.83. The van der Waals surface area contributed by atoms with E-state index in [0.29, 0.717) is 0 Å². The zero-order chi connectivity index (χ0) is 14.2. The van der Waals surface area contributed by atoms with Gasteiger partial charge in [-0.1, -0.05) is 6.92 Å². The van der Waals surface area contributed by atoms with Crippen LogP contribution in [-0.2, 0) is 24.0 Å². The summed E-state index contributed by atoms with van der Waals surface area (Å²) in [6.45, 7) is 7.95. The van der Waals surface area contributed by atoms with Crippen molar-refractivity contribution in [3.05, 3.63) is 23.3 Å². The number of fused-ring (bicyclic) bond motifs is 1. The molecule has 1 aromatic rings. The van der Waals surface area contributed by atoms with E-state index in [1.54, 1.807) is 0 Å². The Morgan fingerprint density at radius 3 is 3.10 bits per heavy atom. The first kappa shape index (κ1) is 15.4. The van der Waals surface area contributed by atoms with Gasteiger partial charge in [0, 0.05) is 24.9 Å². The summed E-state index contributed by atoms with van der Waals surface area (Å²) < 4.78 is 5.37. The van der Waals surface area contributed by atoms with Crippen LogP contribution in [0, 0.1) is 5.92 Å². The van der Waals surface area contributed by atoms with Gasteiger partial charge in [-0.3, -0.25) is 0 Å². The van der Waals surface area contributed by atoms with E-state index in [4.69, 9.17) is 9.72 Å². The van der Waals surface area contributed by atoms with Gasteiger partial charge in [-0.05, 0) is 57.2 Å². The molecule has 4 nitrogen and oxygen atoms in total. The molecule has 1 heterocycles. The molecule has 0 radical (unpaired) electrons. The van der Waals surface area contributed by atoms with Gasteiger partial charge in [0.2, 0.25) is 0 Å². The quantitative estimate of drug-likeness (QED) is 0.740. The molecule has 0 amide bonds. The molecule has 0 fully saturated rings. The van der Waals surface area contributed by atoms with Crippen molar-refractivity contribution in [3.63, 3.8) is 0 Å². The fourth-order valence-electron chi connectivity index (χ4n) is 2.71. The van der Waals surface area contributed by atoms with Crippen LogP contribution in [0.2, 0.25) is 0 Å². The fourth-order valence-corrected chi connectivity index (χ4v) is 2.71. The molecule has 2 rings (SSSR count). The number of rotatable bonds is 8. The minimum Gasteiger partial charge on any atom is -0.381 e. The molecule has 1 aliphatic carbocycles. The summed E-state index contributed by atoms with van der Waals surface area (Å²) in [6.07, 6.45) is 7.52. The van der Waals surface area contributed by atoms with Crippen molar-refractivity contribution in [1.29, 1.82) is 0 Å². The van der Waals surface area contributed by atoms with Crippen molar-refractivity contribution in [3.8, 4) is 0 Å². The largest absolute Gasteiger partial charge is 0.381 e. The minimum atomic E-state index is 0.721. The van der Waals surface area contributed by atoms with Gasteiger partial charge in [0.05, 0.1) is 6.61 Å². The number of hydrogen-bond donors (Lipinski definition) is 1. The van der Waals surface area contributed by atoms with Gasteiger partial charge in [-0.2, -0.15) is 0 Å². The van der Waals surface area contributed by atoms with Crippen LogP contribution in [0.1, 0.15) is 43.8 Å². The lowest BCUT2D eigenvalue weighted by Crippen LogP contribution is -2.28. The van der Waals surface area contributed by atoms with Gasteiger partial charge in [0.1, 0.15) is 5.82 Å². The van der Waals surface area contributed by atoms with Crippen LogP contribution in [0.5, 0.6) is 0 Å². The average molecular weight is 277 g/mol. The summed E-state index contributed by atoms with van der Waals surface area (Å²) in [7, 11) is 0. The molecule has 4 heteroatoms. The number of hydrogen-bond acceptors (Lipinski definition) is 4. The Hall–Kier alpha value is -1.00. The summed E-state index contributed by atoms with van der Waals surface area (Å²) in [5, 5.41) is 3.52. The molecule has 0 saturated carbocycles. The summed E-state index contributed by atoms with van der Waals surface area (Å²) in [5.74, 6) is 1.67. The van der Waals surface area contributed by atoms with Gasteiger partial charge in [-0.25, -0.2) is 9.97 Å². The van der Waals surface area contributed by atoms with Crippen LogP contribution >= 0.6 is 0 Å². The number of ether oxygens (including phenoxy) is 1. The number of aryl methyl sites for hydroxylation is 1. The van der Waals surface area contributed by atoms with Crippen molar-refractivity contribution >= 4 is 0 Å². The summed E-state index contributed by atoms with van der Waals surface area (Å²) >= 11 is 0. The van der Waals surface area contributed by atoms with E-state index in [1.165, 1.54) is 24.1 Å². The number of nitrogens with zero attached hydrogens (tertiary/aromatic N) is 2.